The number of carbonyl (C=O) groups excluding carboxylic acids is 2. The number of nitrogens with one attached hydrogen (secondary N) is 2. The summed E-state index contributed by atoms with van der Waals surface area (Å²) in [7, 11) is -3.88. The molecule has 0 bridgehead atoms. The van der Waals surface area contributed by atoms with Gasteiger partial charge in [-0.15, -0.1) is 0 Å². The van der Waals surface area contributed by atoms with Gasteiger partial charge in [0, 0.05) is 31.2 Å². The quantitative estimate of drug-likeness (QED) is 0.464. The Kier molecular flexibility index (Phi) is 8.66. The highest BCUT2D eigenvalue weighted by Gasteiger charge is 2.50. The Balaban J connectivity index is 1.65. The van der Waals surface area contributed by atoms with Crippen LogP contribution in [0, 0.1) is 10.8 Å². The van der Waals surface area contributed by atoms with Gasteiger partial charge in [-0.05, 0) is 65.3 Å². The third kappa shape index (κ3) is 7.07. The number of alkyl halides is 3. The van der Waals surface area contributed by atoms with Crippen LogP contribution in [0.2, 0.25) is 0 Å². The summed E-state index contributed by atoms with van der Waals surface area (Å²) in [5, 5.41) is 5.65. The van der Waals surface area contributed by atoms with Crippen LogP contribution >= 0.6 is 0 Å². The van der Waals surface area contributed by atoms with Crippen molar-refractivity contribution in [1.29, 1.82) is 0 Å². The Hall–Kier alpha value is -3.18. The van der Waals surface area contributed by atoms with E-state index in [1.165, 1.54) is 46.8 Å². The van der Waals surface area contributed by atoms with Crippen molar-refractivity contribution in [1.82, 2.24) is 14.9 Å². The maximum absolute atomic E-state index is 13.5. The number of hydrogen-bond acceptors (Lipinski definition) is 4. The molecule has 2 aromatic carbocycles. The van der Waals surface area contributed by atoms with Crippen molar-refractivity contribution in [2.45, 2.75) is 51.2 Å². The van der Waals surface area contributed by atoms with E-state index in [2.05, 4.69) is 17.2 Å². The number of carbonyl (C=O) groups is 2. The fourth-order valence-corrected chi connectivity index (χ4v) is 6.96. The fraction of sp³-hybridized carbons (Fsp3) is 0.429. The molecule has 0 atom stereocenters. The van der Waals surface area contributed by atoms with Crippen molar-refractivity contribution in [2.75, 3.05) is 19.6 Å². The number of amides is 2. The summed E-state index contributed by atoms with van der Waals surface area (Å²) in [5.41, 5.74) is -0.974. The second kappa shape index (κ2) is 11.1. The van der Waals surface area contributed by atoms with Gasteiger partial charge in [0.25, 0.3) is 5.91 Å². The molecular weight excluding hydrogens is 531 g/mol. The van der Waals surface area contributed by atoms with Crippen LogP contribution in [0.15, 0.2) is 66.1 Å². The van der Waals surface area contributed by atoms with Crippen molar-refractivity contribution >= 4 is 21.8 Å². The fourth-order valence-electron chi connectivity index (χ4n) is 5.18. The molecule has 0 aromatic heterocycles. The lowest BCUT2D eigenvalue weighted by molar-refractivity contribution is -0.137. The average molecular weight is 566 g/mol. The third-order valence-corrected chi connectivity index (χ3v) is 8.74. The van der Waals surface area contributed by atoms with Crippen LogP contribution in [-0.4, -0.2) is 50.2 Å². The first-order chi connectivity index (χ1) is 18.0. The monoisotopic (exact) mass is 565 g/mol. The predicted octanol–water partition coefficient (Wildman–Crippen LogP) is 4.41. The Bertz CT molecular complexity index is 1300. The molecule has 2 amide bonds. The minimum absolute atomic E-state index is 0.0454. The van der Waals surface area contributed by atoms with E-state index in [1.807, 2.05) is 27.7 Å². The number of benzene rings is 2. The van der Waals surface area contributed by atoms with E-state index in [1.54, 1.807) is 0 Å². The molecule has 0 spiro atoms. The molecule has 0 aliphatic carbocycles. The molecule has 3 rings (SSSR count). The summed E-state index contributed by atoms with van der Waals surface area (Å²) in [6.45, 7) is 11.7. The molecule has 1 heterocycles. The lowest BCUT2D eigenvalue weighted by atomic mass is 9.67. The van der Waals surface area contributed by atoms with E-state index in [9.17, 15) is 31.2 Å². The van der Waals surface area contributed by atoms with Crippen LogP contribution in [-0.2, 0) is 27.4 Å². The lowest BCUT2D eigenvalue weighted by Crippen LogP contribution is -2.64. The van der Waals surface area contributed by atoms with E-state index < -0.39 is 38.5 Å². The van der Waals surface area contributed by atoms with Crippen LogP contribution in [0.25, 0.3) is 0 Å². The molecule has 0 saturated carbocycles. The smallest absolute Gasteiger partial charge is 0.352 e. The van der Waals surface area contributed by atoms with Crippen LogP contribution in [0.3, 0.4) is 0 Å². The molecule has 0 radical (unpaired) electrons. The molecule has 2 aromatic rings. The number of sulfonamides is 1. The van der Waals surface area contributed by atoms with Gasteiger partial charge in [0.1, 0.15) is 0 Å². The standard InChI is InChI=1S/C28H34F3N3O4S/c1-6-23(35)33-25-26(2,3)17-34(18-27(25,4)5)39(37,38)22-13-9-20(10-14-22)24(36)32-16-15-19-7-11-21(12-8-19)28(29,30)31/h6-14,25H,1,15-18H2,2-5H3,(H,32,36)(H,33,35). The van der Waals surface area contributed by atoms with E-state index in [0.717, 1.165) is 12.1 Å². The van der Waals surface area contributed by atoms with Crippen LogP contribution in [0.4, 0.5) is 13.2 Å². The first kappa shape index (κ1) is 30.4. The van der Waals surface area contributed by atoms with Gasteiger partial charge in [-0.1, -0.05) is 46.4 Å². The molecule has 11 heteroatoms. The van der Waals surface area contributed by atoms with Gasteiger partial charge in [0.05, 0.1) is 10.5 Å². The first-order valence-corrected chi connectivity index (χ1v) is 13.9. The minimum atomic E-state index is -4.40. The Labute approximate surface area is 227 Å². The van der Waals surface area contributed by atoms with Crippen LogP contribution in [0.5, 0.6) is 0 Å². The van der Waals surface area contributed by atoms with Crippen molar-refractivity contribution in [3.05, 3.63) is 77.9 Å². The summed E-state index contributed by atoms with van der Waals surface area (Å²) < 4.78 is 66.5. The van der Waals surface area contributed by atoms with Gasteiger partial charge in [0.2, 0.25) is 15.9 Å². The van der Waals surface area contributed by atoms with Gasteiger partial charge in [-0.25, -0.2) is 8.42 Å². The zero-order valence-electron chi connectivity index (χ0n) is 22.4. The van der Waals surface area contributed by atoms with E-state index in [0.29, 0.717) is 12.0 Å². The number of halogens is 3. The molecule has 39 heavy (non-hydrogen) atoms. The highest BCUT2D eigenvalue weighted by atomic mass is 32.2. The SMILES string of the molecule is C=CC(=O)NC1C(C)(C)CN(S(=O)(=O)c2ccc(C(=O)NCCc3ccc(C(F)(F)F)cc3)cc2)CC1(C)C. The van der Waals surface area contributed by atoms with Gasteiger partial charge in [-0.2, -0.15) is 17.5 Å². The van der Waals surface area contributed by atoms with Crippen molar-refractivity contribution in [2.24, 2.45) is 10.8 Å². The van der Waals surface area contributed by atoms with E-state index in [-0.39, 0.29) is 42.0 Å². The van der Waals surface area contributed by atoms with Crippen molar-refractivity contribution in [3.63, 3.8) is 0 Å². The van der Waals surface area contributed by atoms with Crippen LogP contribution < -0.4 is 10.6 Å². The molecule has 2 N–H and O–H groups in total. The number of rotatable bonds is 8. The third-order valence-electron chi connectivity index (χ3n) is 6.94. The summed E-state index contributed by atoms with van der Waals surface area (Å²) in [6, 6.07) is 10.1. The maximum atomic E-state index is 13.5. The zero-order valence-corrected chi connectivity index (χ0v) is 23.2. The largest absolute Gasteiger partial charge is 0.416 e. The Morgan fingerprint density at radius 2 is 1.54 bits per heavy atom. The molecule has 1 fully saturated rings. The van der Waals surface area contributed by atoms with Gasteiger partial charge in [-0.3, -0.25) is 9.59 Å². The predicted molar refractivity (Wildman–Crippen MR) is 142 cm³/mol. The normalized spacial score (nSPS) is 17.8. The summed E-state index contributed by atoms with van der Waals surface area (Å²) in [4.78, 5) is 24.6. The van der Waals surface area contributed by atoms with E-state index in [4.69, 9.17) is 0 Å². The Morgan fingerprint density at radius 3 is 2.03 bits per heavy atom. The lowest BCUT2D eigenvalue weighted by Gasteiger charge is -2.52. The van der Waals surface area contributed by atoms with Gasteiger partial charge < -0.3 is 10.6 Å². The number of nitrogens with zero attached hydrogens (tertiary/aromatic N) is 1. The highest BCUT2D eigenvalue weighted by molar-refractivity contribution is 7.89. The number of piperidine rings is 1. The molecular formula is C28H34F3N3O4S. The zero-order chi connectivity index (χ0) is 29.2. The topological polar surface area (TPSA) is 95.6 Å². The van der Waals surface area contributed by atoms with Gasteiger partial charge in [0.15, 0.2) is 0 Å². The van der Waals surface area contributed by atoms with Crippen LogP contribution in [0.1, 0.15) is 49.2 Å². The highest BCUT2D eigenvalue weighted by Crippen LogP contribution is 2.42. The average Bonchev–Trinajstić information content (AvgIpc) is 2.85. The molecule has 1 aliphatic heterocycles. The molecule has 0 unspecified atom stereocenters. The van der Waals surface area contributed by atoms with Gasteiger partial charge >= 0.3 is 6.18 Å². The second-order valence-corrected chi connectivity index (χ2v) is 13.1. The second-order valence-electron chi connectivity index (χ2n) is 11.1. The maximum Gasteiger partial charge on any atom is 0.416 e. The summed E-state index contributed by atoms with van der Waals surface area (Å²) >= 11 is 0. The van der Waals surface area contributed by atoms with Crippen molar-refractivity contribution < 1.29 is 31.2 Å². The summed E-state index contributed by atoms with van der Waals surface area (Å²) in [5.74, 6) is -0.738. The molecule has 1 saturated heterocycles. The van der Waals surface area contributed by atoms with E-state index >= 15 is 0 Å². The first-order valence-electron chi connectivity index (χ1n) is 12.4. The molecule has 1 aliphatic rings. The molecule has 7 nitrogen and oxygen atoms in total. The minimum Gasteiger partial charge on any atom is -0.352 e. The summed E-state index contributed by atoms with van der Waals surface area (Å²) in [6.07, 6.45) is -2.87. The van der Waals surface area contributed by atoms with Crippen molar-refractivity contribution in [3.8, 4) is 0 Å². The number of hydrogen-bond donors (Lipinski definition) is 2. The molecule has 212 valence electrons. The Morgan fingerprint density at radius 1 is 1.00 bits per heavy atom.